The predicted molar refractivity (Wildman–Crippen MR) is 115 cm³/mol. The van der Waals surface area contributed by atoms with E-state index in [0.717, 1.165) is 0 Å². The molecule has 35 heavy (non-hydrogen) atoms. The fourth-order valence-electron chi connectivity index (χ4n) is 4.18. The van der Waals surface area contributed by atoms with Crippen molar-refractivity contribution in [3.05, 3.63) is 84.4 Å². The van der Waals surface area contributed by atoms with Crippen LogP contribution in [0.4, 0.5) is 26.3 Å². The molecule has 4 nitrogen and oxygen atoms in total. The van der Waals surface area contributed by atoms with Gasteiger partial charge in [0.05, 0.1) is 0 Å². The molecule has 2 heterocycles. The zero-order valence-electron chi connectivity index (χ0n) is 17.6. The molecule has 0 atom stereocenters. The number of nitrogens with zero attached hydrogens (tertiary/aromatic N) is 2. The number of ether oxygens (including phenoxy) is 2. The Labute approximate surface area is 194 Å². The van der Waals surface area contributed by atoms with Gasteiger partial charge in [-0.05, 0) is 88.3 Å². The molecule has 0 bridgehead atoms. The minimum atomic E-state index is -4.93. The number of hydrogen-bond donors (Lipinski definition) is 0. The van der Waals surface area contributed by atoms with E-state index in [2.05, 4.69) is 19.4 Å². The molecule has 178 valence electrons. The first-order valence-electron chi connectivity index (χ1n) is 10.2. The van der Waals surface area contributed by atoms with Gasteiger partial charge in [-0.3, -0.25) is 9.97 Å². The highest BCUT2D eigenvalue weighted by atomic mass is 19.4. The Hall–Kier alpha value is -4.08. The smallest absolute Gasteiger partial charge is 0.405 e. The highest BCUT2D eigenvalue weighted by Gasteiger charge is 2.35. The summed E-state index contributed by atoms with van der Waals surface area (Å²) in [5.74, 6) is -0.812. The van der Waals surface area contributed by atoms with E-state index in [1.54, 1.807) is 36.4 Å². The fraction of sp³-hybridized carbons (Fsp3) is 0.120. The maximum absolute atomic E-state index is 13.1. The maximum atomic E-state index is 13.1. The molecule has 1 aliphatic rings. The fourth-order valence-corrected chi connectivity index (χ4v) is 4.18. The quantitative estimate of drug-likeness (QED) is 0.252. The molecule has 0 saturated carbocycles. The number of benzene rings is 2. The average molecular weight is 488 g/mol. The molecule has 1 aliphatic carbocycles. The molecule has 0 radical (unpaired) electrons. The van der Waals surface area contributed by atoms with Gasteiger partial charge in [0.25, 0.3) is 0 Å². The van der Waals surface area contributed by atoms with Gasteiger partial charge in [-0.2, -0.15) is 0 Å². The number of hydrogen-bond acceptors (Lipinski definition) is 4. The molecular formula is C25H14F6N2O2. The van der Waals surface area contributed by atoms with Gasteiger partial charge in [0.1, 0.15) is 11.5 Å². The van der Waals surface area contributed by atoms with Crippen LogP contribution in [-0.4, -0.2) is 22.7 Å². The van der Waals surface area contributed by atoms with E-state index >= 15 is 0 Å². The van der Waals surface area contributed by atoms with Gasteiger partial charge in [0, 0.05) is 35.9 Å². The summed E-state index contributed by atoms with van der Waals surface area (Å²) in [7, 11) is 0. The molecule has 0 unspecified atom stereocenters. The Morgan fingerprint density at radius 1 is 0.543 bits per heavy atom. The summed E-state index contributed by atoms with van der Waals surface area (Å²) in [5.41, 5.74) is 3.41. The van der Waals surface area contributed by atoms with E-state index in [4.69, 9.17) is 0 Å². The van der Waals surface area contributed by atoms with Gasteiger partial charge in [0.2, 0.25) is 0 Å². The van der Waals surface area contributed by atoms with E-state index in [-0.39, 0.29) is 17.5 Å². The minimum absolute atomic E-state index is 0.111. The zero-order valence-corrected chi connectivity index (χ0v) is 17.6. The monoisotopic (exact) mass is 488 g/mol. The minimum Gasteiger partial charge on any atom is -0.405 e. The molecule has 4 aromatic rings. The van der Waals surface area contributed by atoms with Gasteiger partial charge in [0.15, 0.2) is 0 Å². The van der Waals surface area contributed by atoms with E-state index in [9.17, 15) is 26.3 Å². The number of pyridine rings is 2. The lowest BCUT2D eigenvalue weighted by molar-refractivity contribution is -0.275. The van der Waals surface area contributed by atoms with Gasteiger partial charge in [-0.15, -0.1) is 26.3 Å². The molecule has 0 N–H and O–H groups in total. The molecule has 5 rings (SSSR count). The van der Waals surface area contributed by atoms with Crippen molar-refractivity contribution in [1.82, 2.24) is 9.97 Å². The van der Waals surface area contributed by atoms with Gasteiger partial charge < -0.3 is 9.47 Å². The Bertz CT molecular complexity index is 1280. The lowest BCUT2D eigenvalue weighted by Gasteiger charge is -2.17. The average Bonchev–Trinajstić information content (AvgIpc) is 3.13. The van der Waals surface area contributed by atoms with Crippen LogP contribution in [0.15, 0.2) is 73.3 Å². The second-order valence-corrected chi connectivity index (χ2v) is 7.76. The van der Waals surface area contributed by atoms with Crippen LogP contribution in [0.3, 0.4) is 0 Å². The largest absolute Gasteiger partial charge is 0.573 e. The van der Waals surface area contributed by atoms with Crippen molar-refractivity contribution in [3.63, 3.8) is 0 Å². The van der Waals surface area contributed by atoms with Crippen molar-refractivity contribution in [2.24, 2.45) is 0 Å². The van der Waals surface area contributed by atoms with Crippen molar-refractivity contribution < 1.29 is 35.8 Å². The van der Waals surface area contributed by atoms with E-state index in [1.807, 2.05) is 0 Å². The summed E-state index contributed by atoms with van der Waals surface area (Å²) < 4.78 is 87.4. The molecule has 10 heteroatoms. The van der Waals surface area contributed by atoms with E-state index in [1.165, 1.54) is 36.9 Å². The standard InChI is InChI=1S/C25H14F6N2O2/c26-24(27,28)34-22-10-16-9-17-11-23(35-25(29,30)31)21(15-3-7-33-8-4-15)13-19(17)18(16)12-20(22)14-1-5-32-6-2-14/h1-8,10-13H,9H2. The van der Waals surface area contributed by atoms with Crippen molar-refractivity contribution in [2.75, 3.05) is 0 Å². The molecule has 2 aromatic heterocycles. The molecule has 0 aliphatic heterocycles. The number of halogens is 6. The molecule has 0 fully saturated rings. The number of alkyl halides is 6. The van der Waals surface area contributed by atoms with Crippen molar-refractivity contribution in [3.8, 4) is 44.9 Å². The lowest BCUT2D eigenvalue weighted by atomic mass is 9.95. The van der Waals surface area contributed by atoms with E-state index in [0.29, 0.717) is 33.4 Å². The van der Waals surface area contributed by atoms with Gasteiger partial charge in [-0.25, -0.2) is 0 Å². The van der Waals surface area contributed by atoms with Crippen LogP contribution in [0.1, 0.15) is 11.1 Å². The van der Waals surface area contributed by atoms with Crippen LogP contribution in [0.25, 0.3) is 33.4 Å². The summed E-state index contributed by atoms with van der Waals surface area (Å²) in [6.45, 7) is 0. The van der Waals surface area contributed by atoms with Gasteiger partial charge in [-0.1, -0.05) is 0 Å². The molecule has 0 saturated heterocycles. The van der Waals surface area contributed by atoms with Crippen molar-refractivity contribution in [1.29, 1.82) is 0 Å². The molecule has 0 amide bonds. The summed E-state index contributed by atoms with van der Waals surface area (Å²) >= 11 is 0. The third kappa shape index (κ3) is 4.77. The maximum Gasteiger partial charge on any atom is 0.573 e. The summed E-state index contributed by atoms with van der Waals surface area (Å²) in [5, 5.41) is 0. The van der Waals surface area contributed by atoms with E-state index < -0.39 is 24.2 Å². The molecule has 0 spiro atoms. The lowest BCUT2D eigenvalue weighted by Crippen LogP contribution is -2.17. The molecule has 2 aromatic carbocycles. The SMILES string of the molecule is FC(F)(F)Oc1cc2c(cc1-c1ccncc1)-c1cc(-c3ccncc3)c(OC(F)(F)F)cc1C2. The first-order valence-corrected chi connectivity index (χ1v) is 10.2. The normalized spacial score (nSPS) is 12.7. The first-order chi connectivity index (χ1) is 16.6. The Kier molecular flexibility index (Phi) is 5.38. The molecular weight excluding hydrogens is 474 g/mol. The highest BCUT2D eigenvalue weighted by Crippen LogP contribution is 2.48. The second kappa shape index (κ2) is 8.30. The third-order valence-corrected chi connectivity index (χ3v) is 5.52. The van der Waals surface area contributed by atoms with Crippen LogP contribution in [0.5, 0.6) is 11.5 Å². The number of rotatable bonds is 4. The Balaban J connectivity index is 1.70. The van der Waals surface area contributed by atoms with Gasteiger partial charge >= 0.3 is 12.7 Å². The van der Waals surface area contributed by atoms with Crippen LogP contribution >= 0.6 is 0 Å². The van der Waals surface area contributed by atoms with Crippen molar-refractivity contribution in [2.45, 2.75) is 19.1 Å². The van der Waals surface area contributed by atoms with Crippen LogP contribution in [0, 0.1) is 0 Å². The van der Waals surface area contributed by atoms with Crippen LogP contribution < -0.4 is 9.47 Å². The zero-order chi connectivity index (χ0) is 24.8. The van der Waals surface area contributed by atoms with Crippen LogP contribution in [0.2, 0.25) is 0 Å². The number of aromatic nitrogens is 2. The topological polar surface area (TPSA) is 44.2 Å². The highest BCUT2D eigenvalue weighted by molar-refractivity contribution is 5.88. The van der Waals surface area contributed by atoms with Crippen molar-refractivity contribution >= 4 is 0 Å². The van der Waals surface area contributed by atoms with Crippen LogP contribution in [-0.2, 0) is 6.42 Å². The Morgan fingerprint density at radius 3 is 1.26 bits per heavy atom. The summed E-state index contributed by atoms with van der Waals surface area (Å²) in [6, 6.07) is 11.8. The first kappa shape index (κ1) is 22.7. The summed E-state index contributed by atoms with van der Waals surface area (Å²) in [6.07, 6.45) is -3.98. The second-order valence-electron chi connectivity index (χ2n) is 7.76. The third-order valence-electron chi connectivity index (χ3n) is 5.52. The number of fused-ring (bicyclic) bond motifs is 3. The predicted octanol–water partition coefficient (Wildman–Crippen LogP) is 7.18. The summed E-state index contributed by atoms with van der Waals surface area (Å²) in [4.78, 5) is 7.79. The Morgan fingerprint density at radius 2 is 0.914 bits per heavy atom.